The van der Waals surface area contributed by atoms with Crippen LogP contribution in [0.25, 0.3) is 11.3 Å². The van der Waals surface area contributed by atoms with E-state index in [4.69, 9.17) is 32.7 Å². The second-order valence-electron chi connectivity index (χ2n) is 10.6. The third kappa shape index (κ3) is 5.72. The predicted molar refractivity (Wildman–Crippen MR) is 146 cm³/mol. The number of carbonyl (C=O) groups is 1. The molecule has 2 heterocycles. The fourth-order valence-electron chi connectivity index (χ4n) is 4.84. The SMILES string of the molecule is CO[C@@H]1[C@@H](n2cc(-c3cc(F)c(Cl)c(F)c3)nn2)[C@@H](O)[C@@H](CO)O[C@H]1C(=O)N(C)c1cc(Cl)ccc1C(C)(C)C. The van der Waals surface area contributed by atoms with Crippen molar-refractivity contribution in [3.05, 3.63) is 63.8 Å². The number of nitrogens with zero attached hydrogens (tertiary/aromatic N) is 4. The number of methoxy groups -OCH3 is 1. The van der Waals surface area contributed by atoms with Crippen molar-refractivity contribution in [3.63, 3.8) is 0 Å². The van der Waals surface area contributed by atoms with E-state index < -0.39 is 59.6 Å². The van der Waals surface area contributed by atoms with Crippen molar-refractivity contribution < 1.29 is 33.3 Å². The van der Waals surface area contributed by atoms with Crippen LogP contribution in [-0.2, 0) is 19.7 Å². The molecule has 216 valence electrons. The van der Waals surface area contributed by atoms with E-state index in [1.807, 2.05) is 26.8 Å². The second-order valence-corrected chi connectivity index (χ2v) is 11.4. The first-order chi connectivity index (χ1) is 18.8. The summed E-state index contributed by atoms with van der Waals surface area (Å²) >= 11 is 11.9. The molecule has 5 atom stereocenters. The predicted octanol–water partition coefficient (Wildman–Crippen LogP) is 4.17. The summed E-state index contributed by atoms with van der Waals surface area (Å²) in [5.41, 5.74) is 1.23. The Bertz CT molecular complexity index is 1380. The molecule has 1 aromatic heterocycles. The first kappa shape index (κ1) is 30.3. The van der Waals surface area contributed by atoms with Crippen LogP contribution in [-0.4, -0.2) is 76.3 Å². The van der Waals surface area contributed by atoms with Crippen molar-refractivity contribution in [3.8, 4) is 11.3 Å². The highest BCUT2D eigenvalue weighted by molar-refractivity contribution is 6.31. The topological polar surface area (TPSA) is 110 Å². The van der Waals surface area contributed by atoms with Crippen LogP contribution in [0.5, 0.6) is 0 Å². The summed E-state index contributed by atoms with van der Waals surface area (Å²) in [6.45, 7) is 5.40. The van der Waals surface area contributed by atoms with E-state index in [1.165, 1.54) is 22.9 Å². The Morgan fingerprint density at radius 2 is 1.85 bits per heavy atom. The van der Waals surface area contributed by atoms with Gasteiger partial charge in [0.1, 0.15) is 46.7 Å². The summed E-state index contributed by atoms with van der Waals surface area (Å²) in [6.07, 6.45) is -3.60. The third-order valence-corrected chi connectivity index (χ3v) is 7.53. The molecule has 0 bridgehead atoms. The first-order valence-electron chi connectivity index (χ1n) is 12.4. The van der Waals surface area contributed by atoms with Gasteiger partial charge in [-0.25, -0.2) is 13.5 Å². The minimum absolute atomic E-state index is 0.0582. The number of halogens is 4. The van der Waals surface area contributed by atoms with E-state index in [2.05, 4.69) is 10.3 Å². The maximum Gasteiger partial charge on any atom is 0.258 e. The minimum Gasteiger partial charge on any atom is -0.394 e. The number of ether oxygens (including phenoxy) is 2. The number of carbonyl (C=O) groups excluding carboxylic acids is 1. The van der Waals surface area contributed by atoms with Gasteiger partial charge in [0.15, 0.2) is 6.10 Å². The van der Waals surface area contributed by atoms with Gasteiger partial charge < -0.3 is 24.6 Å². The van der Waals surface area contributed by atoms with Gasteiger partial charge in [0.05, 0.1) is 12.8 Å². The molecular weight excluding hydrogens is 569 g/mol. The van der Waals surface area contributed by atoms with Gasteiger partial charge in [-0.3, -0.25) is 4.79 Å². The number of anilines is 1. The van der Waals surface area contributed by atoms with E-state index in [0.717, 1.165) is 17.7 Å². The van der Waals surface area contributed by atoms with E-state index >= 15 is 0 Å². The van der Waals surface area contributed by atoms with Crippen molar-refractivity contribution >= 4 is 34.8 Å². The number of aromatic nitrogens is 3. The number of aliphatic hydroxyl groups excluding tert-OH is 2. The lowest BCUT2D eigenvalue weighted by Crippen LogP contribution is -2.61. The Labute approximate surface area is 240 Å². The number of amides is 1. The monoisotopic (exact) mass is 598 g/mol. The Kier molecular flexibility index (Phi) is 8.84. The Balaban J connectivity index is 1.72. The number of benzene rings is 2. The van der Waals surface area contributed by atoms with Crippen LogP contribution in [0.2, 0.25) is 10.0 Å². The minimum atomic E-state index is -1.38. The van der Waals surface area contributed by atoms with E-state index in [-0.39, 0.29) is 16.7 Å². The molecular formula is C27H30Cl2F2N4O5. The summed E-state index contributed by atoms with van der Waals surface area (Å²) in [5, 5.41) is 28.9. The molecule has 0 unspecified atom stereocenters. The molecule has 13 heteroatoms. The molecule has 2 aromatic carbocycles. The maximum absolute atomic E-state index is 14.1. The molecule has 0 saturated carbocycles. The van der Waals surface area contributed by atoms with Gasteiger partial charge in [0.2, 0.25) is 0 Å². The Morgan fingerprint density at radius 3 is 2.42 bits per heavy atom. The molecule has 1 aliphatic heterocycles. The number of aliphatic hydroxyl groups is 2. The lowest BCUT2D eigenvalue weighted by atomic mass is 9.85. The number of hydrogen-bond donors (Lipinski definition) is 2. The molecule has 9 nitrogen and oxygen atoms in total. The van der Waals surface area contributed by atoms with Gasteiger partial charge in [0, 0.05) is 30.4 Å². The molecule has 1 amide bonds. The van der Waals surface area contributed by atoms with Gasteiger partial charge in [-0.15, -0.1) is 5.10 Å². The normalized spacial score (nSPS) is 23.3. The van der Waals surface area contributed by atoms with Crippen molar-refractivity contribution in [2.45, 2.75) is 56.6 Å². The second kappa shape index (κ2) is 11.7. The summed E-state index contributed by atoms with van der Waals surface area (Å²) < 4.78 is 40.9. The Hall–Kier alpha value is -2.67. The van der Waals surface area contributed by atoms with Gasteiger partial charge >= 0.3 is 0 Å². The van der Waals surface area contributed by atoms with Gasteiger partial charge in [-0.1, -0.05) is 55.3 Å². The van der Waals surface area contributed by atoms with Gasteiger partial charge in [0.25, 0.3) is 5.91 Å². The van der Waals surface area contributed by atoms with Crippen LogP contribution in [0.4, 0.5) is 14.5 Å². The smallest absolute Gasteiger partial charge is 0.258 e. The highest BCUT2D eigenvalue weighted by Crippen LogP contribution is 2.37. The average molecular weight is 599 g/mol. The van der Waals surface area contributed by atoms with Crippen molar-refractivity contribution in [1.82, 2.24) is 15.0 Å². The average Bonchev–Trinajstić information content (AvgIpc) is 3.39. The molecule has 1 fully saturated rings. The van der Waals surface area contributed by atoms with E-state index in [0.29, 0.717) is 10.7 Å². The number of likely N-dealkylation sites (N-methyl/N-ethyl adjacent to an activating group) is 1. The lowest BCUT2D eigenvalue weighted by molar-refractivity contribution is -0.211. The molecule has 2 N–H and O–H groups in total. The maximum atomic E-state index is 14.1. The Morgan fingerprint density at radius 1 is 1.20 bits per heavy atom. The molecule has 1 aliphatic rings. The highest BCUT2D eigenvalue weighted by Gasteiger charge is 2.50. The molecule has 0 radical (unpaired) electrons. The van der Waals surface area contributed by atoms with Crippen LogP contribution in [0.1, 0.15) is 32.4 Å². The molecule has 0 aliphatic carbocycles. The number of rotatable bonds is 6. The summed E-state index contributed by atoms with van der Waals surface area (Å²) in [4.78, 5) is 15.3. The third-order valence-electron chi connectivity index (χ3n) is 6.94. The van der Waals surface area contributed by atoms with E-state index in [1.54, 1.807) is 19.2 Å². The molecule has 40 heavy (non-hydrogen) atoms. The largest absolute Gasteiger partial charge is 0.394 e. The lowest BCUT2D eigenvalue weighted by Gasteiger charge is -2.44. The van der Waals surface area contributed by atoms with Crippen molar-refractivity contribution in [1.29, 1.82) is 0 Å². The quantitative estimate of drug-likeness (QED) is 0.410. The van der Waals surface area contributed by atoms with E-state index in [9.17, 15) is 23.8 Å². The summed E-state index contributed by atoms with van der Waals surface area (Å²) in [5.74, 6) is -2.47. The van der Waals surface area contributed by atoms with Crippen molar-refractivity contribution in [2.24, 2.45) is 0 Å². The fourth-order valence-corrected chi connectivity index (χ4v) is 5.12. The molecule has 1 saturated heterocycles. The zero-order valence-corrected chi connectivity index (χ0v) is 24.0. The first-order valence-corrected chi connectivity index (χ1v) is 13.2. The van der Waals surface area contributed by atoms with Crippen LogP contribution in [0.3, 0.4) is 0 Å². The highest BCUT2D eigenvalue weighted by atomic mass is 35.5. The van der Waals surface area contributed by atoms with Crippen molar-refractivity contribution in [2.75, 3.05) is 25.7 Å². The standard InChI is InChI=1S/C27H30Cl2F2N4O5/c1-27(2,3)15-7-6-14(28)10-19(15)34(4)26(38)25-24(39-5)22(23(37)20(12-36)40-25)35-11-18(32-33-35)13-8-16(30)21(29)17(31)9-13/h6-11,20,22-25,36-37H,12H2,1-5H3/t20-,22+,23+,24-,25-/m1/s1. The molecule has 0 spiro atoms. The molecule has 3 aromatic rings. The zero-order chi connectivity index (χ0) is 29.5. The van der Waals surface area contributed by atoms with Crippen LogP contribution >= 0.6 is 23.2 Å². The van der Waals surface area contributed by atoms with Crippen LogP contribution < -0.4 is 4.90 Å². The van der Waals surface area contributed by atoms with Crippen LogP contribution in [0.15, 0.2) is 36.5 Å². The number of hydrogen-bond acceptors (Lipinski definition) is 7. The summed E-state index contributed by atoms with van der Waals surface area (Å²) in [6, 6.07) is 6.21. The summed E-state index contributed by atoms with van der Waals surface area (Å²) in [7, 11) is 2.92. The van der Waals surface area contributed by atoms with Crippen LogP contribution in [0, 0.1) is 11.6 Å². The zero-order valence-electron chi connectivity index (χ0n) is 22.5. The van der Waals surface area contributed by atoms with Gasteiger partial charge in [-0.2, -0.15) is 0 Å². The molecule has 4 rings (SSSR count). The van der Waals surface area contributed by atoms with Gasteiger partial charge in [-0.05, 0) is 35.2 Å². The fraction of sp³-hybridized carbons (Fsp3) is 0.444.